The molecule has 0 aliphatic heterocycles. The van der Waals surface area contributed by atoms with Crippen molar-refractivity contribution >= 4 is 11.8 Å². The van der Waals surface area contributed by atoms with Crippen LogP contribution >= 0.6 is 0 Å². The van der Waals surface area contributed by atoms with Gasteiger partial charge in [-0.15, -0.1) is 0 Å². The molecule has 3 rings (SSSR count). The lowest BCUT2D eigenvalue weighted by Crippen LogP contribution is -2.19. The van der Waals surface area contributed by atoms with Gasteiger partial charge in [0.2, 0.25) is 0 Å². The lowest BCUT2D eigenvalue weighted by atomic mass is 10.1. The molecule has 1 aromatic heterocycles. The molecule has 20 heavy (non-hydrogen) atoms. The van der Waals surface area contributed by atoms with E-state index >= 15 is 0 Å². The van der Waals surface area contributed by atoms with Crippen molar-refractivity contribution in [1.29, 1.82) is 0 Å². The van der Waals surface area contributed by atoms with Gasteiger partial charge in [-0.25, -0.2) is 9.78 Å². The lowest BCUT2D eigenvalue weighted by molar-refractivity contribution is 0.0521. The van der Waals surface area contributed by atoms with Gasteiger partial charge in [0.25, 0.3) is 0 Å². The minimum absolute atomic E-state index is 0.301. The van der Waals surface area contributed by atoms with Crippen molar-refractivity contribution in [3.05, 3.63) is 11.5 Å². The van der Waals surface area contributed by atoms with Crippen molar-refractivity contribution in [3.8, 4) is 0 Å². The van der Waals surface area contributed by atoms with Crippen LogP contribution in [0.15, 0.2) is 0 Å². The highest BCUT2D eigenvalue weighted by Gasteiger charge is 2.44. The van der Waals surface area contributed by atoms with Gasteiger partial charge in [-0.3, -0.25) is 0 Å². The molecule has 0 radical (unpaired) electrons. The van der Waals surface area contributed by atoms with Crippen LogP contribution in [0.5, 0.6) is 0 Å². The van der Waals surface area contributed by atoms with Crippen LogP contribution < -0.4 is 5.73 Å². The Morgan fingerprint density at radius 2 is 1.95 bits per heavy atom. The fourth-order valence-corrected chi connectivity index (χ4v) is 3.11. The Morgan fingerprint density at radius 3 is 2.40 bits per heavy atom. The number of esters is 1. The molecule has 0 aromatic carbocycles. The third kappa shape index (κ3) is 2.30. The highest BCUT2D eigenvalue weighted by molar-refractivity contribution is 5.92. The van der Waals surface area contributed by atoms with E-state index in [0.29, 0.717) is 24.2 Å². The molecule has 0 atom stereocenters. The molecule has 5 nitrogen and oxygen atoms in total. The van der Waals surface area contributed by atoms with Gasteiger partial charge in [0.1, 0.15) is 11.6 Å². The van der Waals surface area contributed by atoms with E-state index < -0.39 is 5.97 Å². The maximum Gasteiger partial charge on any atom is 0.360 e. The molecule has 0 unspecified atom stereocenters. The number of carbonyl (C=O) groups is 1. The van der Waals surface area contributed by atoms with Gasteiger partial charge >= 0.3 is 5.97 Å². The first-order chi connectivity index (χ1) is 9.67. The molecule has 2 aliphatic carbocycles. The zero-order valence-corrected chi connectivity index (χ0v) is 12.3. The number of carbonyl (C=O) groups excluding carboxylic acids is 1. The topological polar surface area (TPSA) is 70.1 Å². The highest BCUT2D eigenvalue weighted by Crippen LogP contribution is 2.53. The molecule has 2 aliphatic rings. The van der Waals surface area contributed by atoms with Crippen molar-refractivity contribution in [2.24, 2.45) is 11.8 Å². The number of aromatic nitrogens is 2. The van der Waals surface area contributed by atoms with E-state index in [4.69, 9.17) is 10.5 Å². The number of aryl methyl sites for hydroxylation is 1. The Hall–Kier alpha value is -1.52. The molecule has 0 amide bonds. The molecule has 0 bridgehead atoms. The number of anilines is 1. The van der Waals surface area contributed by atoms with E-state index in [0.717, 1.165) is 24.1 Å². The number of ether oxygens (including phenoxy) is 1. The summed E-state index contributed by atoms with van der Waals surface area (Å²) >= 11 is 0. The summed E-state index contributed by atoms with van der Waals surface area (Å²) in [5.74, 6) is 2.47. The Morgan fingerprint density at radius 1 is 1.35 bits per heavy atom. The molecule has 2 fully saturated rings. The second kappa shape index (κ2) is 5.11. The predicted octanol–water partition coefficient (Wildman–Crippen LogP) is 2.57. The van der Waals surface area contributed by atoms with Crippen LogP contribution in [0.4, 0.5) is 5.82 Å². The van der Waals surface area contributed by atoms with Crippen molar-refractivity contribution in [2.75, 3.05) is 12.3 Å². The summed E-state index contributed by atoms with van der Waals surface area (Å²) in [6.07, 6.45) is 5.89. The Kier molecular flexibility index (Phi) is 3.44. The number of rotatable bonds is 6. The molecular weight excluding hydrogens is 254 g/mol. The molecule has 2 N–H and O–H groups in total. The molecule has 0 saturated heterocycles. The van der Waals surface area contributed by atoms with Crippen LogP contribution in [0.25, 0.3) is 0 Å². The Bertz CT molecular complexity index is 503. The third-order valence-corrected chi connectivity index (χ3v) is 4.31. The van der Waals surface area contributed by atoms with E-state index in [2.05, 4.69) is 16.5 Å². The van der Waals surface area contributed by atoms with E-state index in [1.54, 1.807) is 6.92 Å². The summed E-state index contributed by atoms with van der Waals surface area (Å²) in [6, 6.07) is 0.445. The van der Waals surface area contributed by atoms with Crippen LogP contribution in [0.2, 0.25) is 0 Å². The maximum absolute atomic E-state index is 12.0. The minimum Gasteiger partial charge on any atom is -0.461 e. The van der Waals surface area contributed by atoms with Gasteiger partial charge in [-0.05, 0) is 44.4 Å². The van der Waals surface area contributed by atoms with Gasteiger partial charge in [-0.2, -0.15) is 0 Å². The summed E-state index contributed by atoms with van der Waals surface area (Å²) in [7, 11) is 0. The molecular formula is C15H23N3O2. The van der Waals surface area contributed by atoms with Crippen molar-refractivity contribution in [2.45, 2.75) is 52.0 Å². The fraction of sp³-hybridized carbons (Fsp3) is 0.733. The molecule has 0 spiro atoms. The van der Waals surface area contributed by atoms with Crippen molar-refractivity contribution in [3.63, 3.8) is 0 Å². The number of hydrogen-bond donors (Lipinski definition) is 1. The summed E-state index contributed by atoms with van der Waals surface area (Å²) in [6.45, 7) is 4.20. The number of nitrogen functional groups attached to an aromatic ring is 1. The van der Waals surface area contributed by atoms with Crippen LogP contribution in [-0.4, -0.2) is 22.1 Å². The highest BCUT2D eigenvalue weighted by atomic mass is 16.5. The second-order valence-corrected chi connectivity index (χ2v) is 5.87. The largest absolute Gasteiger partial charge is 0.461 e. The summed E-state index contributed by atoms with van der Waals surface area (Å²) in [5, 5.41) is 0. The number of hydrogen-bond acceptors (Lipinski definition) is 4. The van der Waals surface area contributed by atoms with Gasteiger partial charge in [0.15, 0.2) is 5.69 Å². The minimum atomic E-state index is -0.399. The van der Waals surface area contributed by atoms with E-state index in [1.165, 1.54) is 25.7 Å². The zero-order chi connectivity index (χ0) is 14.3. The first-order valence-corrected chi connectivity index (χ1v) is 7.71. The second-order valence-electron chi connectivity index (χ2n) is 5.87. The number of nitrogens with zero attached hydrogens (tertiary/aromatic N) is 2. The van der Waals surface area contributed by atoms with Gasteiger partial charge in [-0.1, -0.05) is 6.92 Å². The quantitative estimate of drug-likeness (QED) is 0.811. The van der Waals surface area contributed by atoms with Crippen LogP contribution in [0.3, 0.4) is 0 Å². The summed E-state index contributed by atoms with van der Waals surface area (Å²) < 4.78 is 7.20. The number of nitrogens with two attached hydrogens (primary N) is 1. The molecule has 5 heteroatoms. The van der Waals surface area contributed by atoms with Crippen molar-refractivity contribution < 1.29 is 9.53 Å². The van der Waals surface area contributed by atoms with Gasteiger partial charge in [0.05, 0.1) is 6.61 Å². The molecule has 110 valence electrons. The van der Waals surface area contributed by atoms with Crippen LogP contribution in [0.1, 0.15) is 61.9 Å². The fourth-order valence-electron chi connectivity index (χ4n) is 3.11. The third-order valence-electron chi connectivity index (χ3n) is 4.31. The average molecular weight is 277 g/mol. The van der Waals surface area contributed by atoms with Gasteiger partial charge in [0, 0.05) is 12.5 Å². The maximum atomic E-state index is 12.0. The van der Waals surface area contributed by atoms with Crippen LogP contribution in [0, 0.1) is 11.8 Å². The summed E-state index contributed by atoms with van der Waals surface area (Å²) in [4.78, 5) is 16.4. The van der Waals surface area contributed by atoms with Crippen LogP contribution in [-0.2, 0) is 11.2 Å². The monoisotopic (exact) mass is 277 g/mol. The molecule has 2 saturated carbocycles. The summed E-state index contributed by atoms with van der Waals surface area (Å²) in [5.41, 5.74) is 6.54. The first kappa shape index (κ1) is 13.5. The SMILES string of the molecule is CCOC(=O)c1nc(CC)n(C(C2CC2)C2CC2)c1N. The standard InChI is InChI=1S/C15H23N3O2/c1-3-11-17-12(15(19)20-4-2)14(16)18(11)13(9-5-6-9)10-7-8-10/h9-10,13H,3-8,16H2,1-2H3. The average Bonchev–Trinajstić information content (AvgIpc) is 3.32. The normalized spacial score (nSPS) is 18.6. The van der Waals surface area contributed by atoms with E-state index in [1.807, 2.05) is 0 Å². The van der Waals surface area contributed by atoms with Gasteiger partial charge < -0.3 is 15.0 Å². The molecule has 1 aromatic rings. The predicted molar refractivity (Wildman–Crippen MR) is 76.5 cm³/mol. The zero-order valence-electron chi connectivity index (χ0n) is 12.3. The lowest BCUT2D eigenvalue weighted by Gasteiger charge is -2.21. The number of imidazole rings is 1. The van der Waals surface area contributed by atoms with E-state index in [9.17, 15) is 4.79 Å². The molecule has 1 heterocycles. The smallest absolute Gasteiger partial charge is 0.360 e. The first-order valence-electron chi connectivity index (χ1n) is 7.71. The Labute approximate surface area is 119 Å². The van der Waals surface area contributed by atoms with Crippen molar-refractivity contribution in [1.82, 2.24) is 9.55 Å². The van der Waals surface area contributed by atoms with E-state index in [-0.39, 0.29) is 0 Å². The Balaban J connectivity index is 1.98.